The second-order valence-electron chi connectivity index (χ2n) is 11.1. The molecule has 0 saturated carbocycles. The lowest BCUT2D eigenvalue weighted by Gasteiger charge is -2.18. The first-order valence-corrected chi connectivity index (χ1v) is 14.4. The Morgan fingerprint density at radius 2 is 1.70 bits per heavy atom. The molecule has 4 rings (SSSR count). The number of nitrogens with zero attached hydrogens (tertiary/aromatic N) is 1. The molecule has 4 heterocycles. The Morgan fingerprint density at radius 3 is 2.30 bits per heavy atom. The first kappa shape index (κ1) is 31.2. The summed E-state index contributed by atoms with van der Waals surface area (Å²) in [6.45, 7) is 13.2. The molecule has 2 unspecified atom stereocenters. The van der Waals surface area contributed by atoms with Crippen molar-refractivity contribution in [2.24, 2.45) is 10.9 Å². The minimum atomic E-state index is -0.918. The third-order valence-corrected chi connectivity index (χ3v) is 8.52. The van der Waals surface area contributed by atoms with E-state index in [1.165, 1.54) is 0 Å². The fraction of sp³-hybridized carbons (Fsp3) is 0.364. The van der Waals surface area contributed by atoms with Crippen molar-refractivity contribution in [2.75, 3.05) is 0 Å². The van der Waals surface area contributed by atoms with Crippen LogP contribution in [0.15, 0.2) is 63.0 Å². The summed E-state index contributed by atoms with van der Waals surface area (Å²) < 4.78 is 0. The second-order valence-corrected chi connectivity index (χ2v) is 11.1. The maximum absolute atomic E-state index is 12.3. The van der Waals surface area contributed by atoms with Gasteiger partial charge >= 0.3 is 11.9 Å². The van der Waals surface area contributed by atoms with Crippen LogP contribution >= 0.6 is 0 Å². The van der Waals surface area contributed by atoms with E-state index in [4.69, 9.17) is 0 Å². The number of carboxylic acid groups (broad SMARTS) is 2. The van der Waals surface area contributed by atoms with Crippen molar-refractivity contribution in [3.8, 4) is 0 Å². The van der Waals surface area contributed by atoms with Gasteiger partial charge in [-0.3, -0.25) is 19.2 Å². The highest BCUT2D eigenvalue weighted by atomic mass is 16.4. The number of carbonyl (C=O) groups is 4. The Bertz CT molecular complexity index is 1710. The van der Waals surface area contributed by atoms with E-state index in [0.717, 1.165) is 38.7 Å². The molecule has 3 aliphatic rings. The lowest BCUT2D eigenvalue weighted by molar-refractivity contribution is -0.138. The van der Waals surface area contributed by atoms with Crippen LogP contribution in [0, 0.1) is 12.8 Å². The van der Waals surface area contributed by atoms with Gasteiger partial charge in [-0.15, -0.1) is 0 Å². The van der Waals surface area contributed by atoms with E-state index in [1.54, 1.807) is 13.0 Å². The SMILES string of the molecule is C=CC1=C(C)C(=O)N/C1=C\C1=C(C)C(CCC(=O)O)C(/C=c2\[nH]/c(=C/C3=NC(=O)C(CC)=C3C)c(C)c2CCC(=O)O)N1. The van der Waals surface area contributed by atoms with Gasteiger partial charge in [-0.2, -0.15) is 0 Å². The van der Waals surface area contributed by atoms with Gasteiger partial charge in [0.05, 0.1) is 17.5 Å². The van der Waals surface area contributed by atoms with Gasteiger partial charge in [0.15, 0.2) is 0 Å². The smallest absolute Gasteiger partial charge is 0.303 e. The molecule has 1 aromatic rings. The molecular formula is C33H38N4O6. The third kappa shape index (κ3) is 6.38. The zero-order chi connectivity index (χ0) is 31.6. The fourth-order valence-electron chi connectivity index (χ4n) is 5.95. The summed E-state index contributed by atoms with van der Waals surface area (Å²) in [5.41, 5.74) is 7.39. The normalized spacial score (nSPS) is 22.3. The van der Waals surface area contributed by atoms with Crippen molar-refractivity contribution in [3.63, 3.8) is 0 Å². The zero-order valence-corrected chi connectivity index (χ0v) is 25.2. The van der Waals surface area contributed by atoms with Crippen LogP contribution in [0.3, 0.4) is 0 Å². The van der Waals surface area contributed by atoms with E-state index in [1.807, 2.05) is 45.9 Å². The van der Waals surface area contributed by atoms with Crippen LogP contribution in [0.1, 0.15) is 64.5 Å². The maximum atomic E-state index is 12.3. The molecule has 2 atom stereocenters. The quantitative estimate of drug-likeness (QED) is 0.266. The zero-order valence-electron chi connectivity index (χ0n) is 25.2. The van der Waals surface area contributed by atoms with Crippen LogP contribution in [-0.2, 0) is 25.6 Å². The van der Waals surface area contributed by atoms with E-state index < -0.39 is 11.9 Å². The molecule has 0 aliphatic carbocycles. The Kier molecular flexibility index (Phi) is 9.18. The van der Waals surface area contributed by atoms with Crippen LogP contribution in [-0.4, -0.2) is 50.7 Å². The molecular weight excluding hydrogens is 548 g/mol. The van der Waals surface area contributed by atoms with Gasteiger partial charge in [-0.25, -0.2) is 4.99 Å². The molecule has 0 fully saturated rings. The average molecular weight is 587 g/mol. The number of hydrogen-bond acceptors (Lipinski definition) is 5. The van der Waals surface area contributed by atoms with Gasteiger partial charge in [-0.1, -0.05) is 19.6 Å². The molecule has 0 spiro atoms. The van der Waals surface area contributed by atoms with Crippen molar-refractivity contribution >= 4 is 41.6 Å². The minimum Gasteiger partial charge on any atom is -0.481 e. The Balaban J connectivity index is 1.81. The van der Waals surface area contributed by atoms with Gasteiger partial charge in [0.1, 0.15) is 0 Å². The number of aromatic nitrogens is 1. The number of aliphatic imine (C=N–C) groups is 1. The predicted octanol–water partition coefficient (Wildman–Crippen LogP) is 2.85. The molecule has 10 nitrogen and oxygen atoms in total. The standard InChI is InChI=1S/C33H38N4O6/c1-7-20-19(6)32(42)37-27(20)14-25-18(5)23(10-12-31(40)41)29(35-25)15-28-22(9-11-30(38)39)17(4)24(34-28)13-26-16(3)21(8-2)33(43)36-26/h7,13-15,23,29,34-35H,1,8-12H2,2-6H3,(H,37,42)(H,38,39)(H,40,41)/b24-13+,27-14-,28-15-. The van der Waals surface area contributed by atoms with Crippen molar-refractivity contribution in [1.82, 2.24) is 15.6 Å². The minimum absolute atomic E-state index is 0.0284. The first-order valence-electron chi connectivity index (χ1n) is 14.4. The summed E-state index contributed by atoms with van der Waals surface area (Å²) >= 11 is 0. The highest BCUT2D eigenvalue weighted by Crippen LogP contribution is 2.33. The number of H-pyrrole nitrogens is 1. The van der Waals surface area contributed by atoms with Crippen molar-refractivity contribution in [1.29, 1.82) is 0 Å². The molecule has 0 saturated heterocycles. The predicted molar refractivity (Wildman–Crippen MR) is 164 cm³/mol. The molecule has 0 radical (unpaired) electrons. The number of carboxylic acids is 2. The van der Waals surface area contributed by atoms with Crippen LogP contribution < -0.4 is 21.3 Å². The summed E-state index contributed by atoms with van der Waals surface area (Å²) in [6, 6.07) is -0.311. The molecule has 0 aromatic carbocycles. The number of amides is 2. The van der Waals surface area contributed by atoms with Crippen molar-refractivity contribution < 1.29 is 29.4 Å². The maximum Gasteiger partial charge on any atom is 0.303 e. The topological polar surface area (TPSA) is 161 Å². The summed E-state index contributed by atoms with van der Waals surface area (Å²) in [5.74, 6) is -2.42. The molecule has 5 N–H and O–H groups in total. The number of rotatable bonds is 11. The second kappa shape index (κ2) is 12.6. The number of nitrogens with one attached hydrogen (secondary N) is 3. The van der Waals surface area contributed by atoms with Gasteiger partial charge < -0.3 is 25.8 Å². The highest BCUT2D eigenvalue weighted by molar-refractivity contribution is 6.30. The van der Waals surface area contributed by atoms with E-state index >= 15 is 0 Å². The van der Waals surface area contributed by atoms with Crippen molar-refractivity contribution in [2.45, 2.75) is 72.8 Å². The van der Waals surface area contributed by atoms with E-state index in [-0.39, 0.29) is 43.0 Å². The van der Waals surface area contributed by atoms with Crippen LogP contribution in [0.25, 0.3) is 12.2 Å². The summed E-state index contributed by atoms with van der Waals surface area (Å²) in [6.07, 6.45) is 8.44. The van der Waals surface area contributed by atoms with Crippen LogP contribution in [0.2, 0.25) is 0 Å². The fourth-order valence-corrected chi connectivity index (χ4v) is 5.95. The van der Waals surface area contributed by atoms with Crippen LogP contribution in [0.5, 0.6) is 0 Å². The Labute approximate surface area is 250 Å². The lowest BCUT2D eigenvalue weighted by atomic mass is 9.90. The molecule has 10 heteroatoms. The van der Waals surface area contributed by atoms with Gasteiger partial charge in [0.25, 0.3) is 11.8 Å². The van der Waals surface area contributed by atoms with Gasteiger partial charge in [0, 0.05) is 51.9 Å². The lowest BCUT2D eigenvalue weighted by Crippen LogP contribution is -2.30. The number of aromatic amines is 1. The molecule has 1 aromatic heterocycles. The Hall–Kier alpha value is -4.73. The highest BCUT2D eigenvalue weighted by Gasteiger charge is 2.32. The van der Waals surface area contributed by atoms with Gasteiger partial charge in [0.2, 0.25) is 0 Å². The molecule has 3 aliphatic heterocycles. The van der Waals surface area contributed by atoms with Gasteiger partial charge in [-0.05, 0) is 87.5 Å². The Morgan fingerprint density at radius 1 is 1.00 bits per heavy atom. The molecule has 0 bridgehead atoms. The summed E-state index contributed by atoms with van der Waals surface area (Å²) in [5, 5.41) is 26.7. The molecule has 226 valence electrons. The number of hydrogen-bond donors (Lipinski definition) is 5. The number of carbonyl (C=O) groups excluding carboxylic acids is 2. The van der Waals surface area contributed by atoms with E-state index in [9.17, 15) is 29.4 Å². The number of aliphatic carboxylic acids is 2. The first-order chi connectivity index (χ1) is 20.4. The summed E-state index contributed by atoms with van der Waals surface area (Å²) in [4.78, 5) is 55.3. The molecule has 43 heavy (non-hydrogen) atoms. The van der Waals surface area contributed by atoms with E-state index in [2.05, 4.69) is 27.2 Å². The summed E-state index contributed by atoms with van der Waals surface area (Å²) in [7, 11) is 0. The van der Waals surface area contributed by atoms with Crippen LogP contribution in [0.4, 0.5) is 0 Å². The van der Waals surface area contributed by atoms with E-state index in [0.29, 0.717) is 41.0 Å². The average Bonchev–Trinajstić information content (AvgIpc) is 3.59. The molecule has 2 amide bonds. The monoisotopic (exact) mass is 586 g/mol. The number of allylic oxidation sites excluding steroid dienone is 3. The largest absolute Gasteiger partial charge is 0.481 e. The van der Waals surface area contributed by atoms with Crippen molar-refractivity contribution in [3.05, 3.63) is 79.8 Å². The third-order valence-electron chi connectivity index (χ3n) is 8.52.